The molecule has 0 radical (unpaired) electrons. The van der Waals surface area contributed by atoms with Crippen LogP contribution in [0.4, 0.5) is 11.4 Å². The minimum Gasteiger partial charge on any atom is -0.399 e. The molecule has 3 aromatic carbocycles. The first-order valence-corrected chi connectivity index (χ1v) is 16.0. The summed E-state index contributed by atoms with van der Waals surface area (Å²) < 4.78 is 0. The van der Waals surface area contributed by atoms with Gasteiger partial charge in [0.05, 0.1) is 11.4 Å². The first kappa shape index (κ1) is 32.5. The molecule has 3 nitrogen and oxygen atoms in total. The van der Waals surface area contributed by atoms with Crippen LogP contribution in [0.15, 0.2) is 115 Å². The van der Waals surface area contributed by atoms with Crippen molar-refractivity contribution < 1.29 is 0 Å². The van der Waals surface area contributed by atoms with E-state index in [0.717, 1.165) is 40.9 Å². The number of nitrogens with zero attached hydrogens (tertiary/aromatic N) is 2. The summed E-state index contributed by atoms with van der Waals surface area (Å²) in [6, 6.07) is 22.4. The predicted molar refractivity (Wildman–Crippen MR) is 195 cm³/mol. The molecule has 0 amide bonds. The van der Waals surface area contributed by atoms with Crippen molar-refractivity contribution in [1.29, 1.82) is 0 Å². The summed E-state index contributed by atoms with van der Waals surface area (Å²) >= 11 is 0. The van der Waals surface area contributed by atoms with Gasteiger partial charge in [-0.15, -0.1) is 0 Å². The average molecular weight is 584 g/mol. The molecule has 4 rings (SSSR count). The van der Waals surface area contributed by atoms with Crippen molar-refractivity contribution in [3.63, 3.8) is 0 Å². The molecule has 1 fully saturated rings. The Morgan fingerprint density at radius 3 is 2.36 bits per heavy atom. The van der Waals surface area contributed by atoms with E-state index < -0.39 is 0 Å². The average Bonchev–Trinajstić information content (AvgIpc) is 3.05. The van der Waals surface area contributed by atoms with E-state index in [1.54, 1.807) is 0 Å². The molecule has 0 spiro atoms. The van der Waals surface area contributed by atoms with Crippen LogP contribution in [0.25, 0.3) is 22.4 Å². The molecule has 0 bridgehead atoms. The molecule has 228 valence electrons. The molecule has 2 N–H and O–H groups in total. The number of anilines is 1. The van der Waals surface area contributed by atoms with Crippen molar-refractivity contribution >= 4 is 28.9 Å². The topological polar surface area (TPSA) is 41.6 Å². The van der Waals surface area contributed by atoms with Gasteiger partial charge in [-0.2, -0.15) is 0 Å². The van der Waals surface area contributed by atoms with E-state index in [0.29, 0.717) is 11.7 Å². The number of aliphatic imine (C=N–C) groups is 1. The number of benzene rings is 3. The third-order valence-electron chi connectivity index (χ3n) is 8.60. The zero-order valence-electron chi connectivity index (χ0n) is 27.2. The normalized spacial score (nSPS) is 14.6. The Morgan fingerprint density at radius 2 is 1.70 bits per heavy atom. The van der Waals surface area contributed by atoms with Crippen LogP contribution in [0.1, 0.15) is 75.1 Å². The fourth-order valence-electron chi connectivity index (χ4n) is 5.86. The van der Waals surface area contributed by atoms with Gasteiger partial charge in [0.2, 0.25) is 0 Å². The molecule has 0 atom stereocenters. The molecule has 1 aliphatic carbocycles. The van der Waals surface area contributed by atoms with Gasteiger partial charge in [0, 0.05) is 25.0 Å². The van der Waals surface area contributed by atoms with E-state index in [9.17, 15) is 0 Å². The second kappa shape index (κ2) is 15.9. The first-order chi connectivity index (χ1) is 21.3. The fraction of sp³-hybridized carbons (Fsp3) is 0.293. The number of hydrogen-bond acceptors (Lipinski definition) is 3. The highest BCUT2D eigenvalue weighted by Crippen LogP contribution is 2.35. The smallest absolute Gasteiger partial charge is 0.0869 e. The molecule has 0 aliphatic heterocycles. The van der Waals surface area contributed by atoms with Crippen molar-refractivity contribution in [3.05, 3.63) is 132 Å². The van der Waals surface area contributed by atoms with Crippen molar-refractivity contribution in [2.75, 3.05) is 11.9 Å². The Hall–Kier alpha value is -4.37. The van der Waals surface area contributed by atoms with E-state index in [4.69, 9.17) is 10.7 Å². The minimum absolute atomic E-state index is 0.535. The van der Waals surface area contributed by atoms with Crippen LogP contribution in [0.5, 0.6) is 0 Å². The quantitative estimate of drug-likeness (QED) is 0.170. The molecule has 44 heavy (non-hydrogen) atoms. The Kier molecular flexibility index (Phi) is 11.8. The lowest BCUT2D eigenvalue weighted by atomic mass is 9.93. The summed E-state index contributed by atoms with van der Waals surface area (Å²) in [5.74, 6) is 0. The fourth-order valence-corrected chi connectivity index (χ4v) is 5.86. The number of aryl methyl sites for hydroxylation is 1. The second-order valence-corrected chi connectivity index (χ2v) is 11.9. The highest BCUT2D eigenvalue weighted by Gasteiger charge is 2.20. The Bertz CT molecular complexity index is 1560. The van der Waals surface area contributed by atoms with Crippen molar-refractivity contribution in [2.45, 2.75) is 71.8 Å². The van der Waals surface area contributed by atoms with Crippen molar-refractivity contribution in [1.82, 2.24) is 0 Å². The molecule has 1 saturated carbocycles. The second-order valence-electron chi connectivity index (χ2n) is 11.9. The van der Waals surface area contributed by atoms with Crippen LogP contribution >= 0.6 is 0 Å². The Morgan fingerprint density at radius 1 is 0.977 bits per heavy atom. The van der Waals surface area contributed by atoms with Gasteiger partial charge < -0.3 is 10.6 Å². The summed E-state index contributed by atoms with van der Waals surface area (Å²) in [6.07, 6.45) is 20.8. The summed E-state index contributed by atoms with van der Waals surface area (Å²) in [7, 11) is 2.20. The summed E-state index contributed by atoms with van der Waals surface area (Å²) in [6.45, 7) is 14.3. The van der Waals surface area contributed by atoms with E-state index in [1.165, 1.54) is 59.9 Å². The van der Waals surface area contributed by atoms with Gasteiger partial charge in [-0.25, -0.2) is 0 Å². The first-order valence-electron chi connectivity index (χ1n) is 16.0. The van der Waals surface area contributed by atoms with Gasteiger partial charge in [0.15, 0.2) is 0 Å². The Labute approximate surface area is 265 Å². The number of allylic oxidation sites excluding steroid dienone is 7. The standard InChI is InChI=1S/C41H49N3/c1-7-9-14-33(29-43-40-28-36(31(5)42)24-26-41(40)44(6)38-17-11-10-12-18-38)15-13-16-37-27-32(8-2)19-25-39(37)35-22-20-34(21-23-35)30(3)4/h7,9,13-15,19-29,38H,3,5,8,10-12,16-18,42H2,1-2,4,6H3/b9-7+,15-13-,33-14+,43-29?. The van der Waals surface area contributed by atoms with Gasteiger partial charge in [-0.3, -0.25) is 4.99 Å². The molecule has 0 aromatic heterocycles. The minimum atomic E-state index is 0.535. The van der Waals surface area contributed by atoms with E-state index in [1.807, 2.05) is 26.1 Å². The molecule has 3 heteroatoms. The molecule has 0 saturated heterocycles. The number of nitrogens with two attached hydrogens (primary N) is 1. The van der Waals surface area contributed by atoms with Gasteiger partial charge in [-0.1, -0.05) is 124 Å². The van der Waals surface area contributed by atoms with Gasteiger partial charge in [0.1, 0.15) is 0 Å². The van der Waals surface area contributed by atoms with Crippen molar-refractivity contribution in [3.8, 4) is 11.1 Å². The van der Waals surface area contributed by atoms with Crippen LogP contribution in [0, 0.1) is 0 Å². The summed E-state index contributed by atoms with van der Waals surface area (Å²) in [4.78, 5) is 7.44. The van der Waals surface area contributed by atoms with Gasteiger partial charge in [-0.05, 0) is 90.6 Å². The van der Waals surface area contributed by atoms with Gasteiger partial charge in [0.25, 0.3) is 0 Å². The third kappa shape index (κ3) is 8.60. The Balaban J connectivity index is 1.62. The van der Waals surface area contributed by atoms with Gasteiger partial charge >= 0.3 is 0 Å². The lowest BCUT2D eigenvalue weighted by Gasteiger charge is -2.33. The maximum absolute atomic E-state index is 6.09. The van der Waals surface area contributed by atoms with E-state index in [2.05, 4.69) is 117 Å². The predicted octanol–water partition coefficient (Wildman–Crippen LogP) is 10.7. The van der Waals surface area contributed by atoms with Crippen LogP contribution < -0.4 is 10.6 Å². The summed E-state index contributed by atoms with van der Waals surface area (Å²) in [5.41, 5.74) is 18.0. The zero-order valence-corrected chi connectivity index (χ0v) is 27.2. The third-order valence-corrected chi connectivity index (χ3v) is 8.60. The zero-order chi connectivity index (χ0) is 31.5. The number of rotatable bonds is 12. The van der Waals surface area contributed by atoms with Crippen LogP contribution in [0.2, 0.25) is 0 Å². The van der Waals surface area contributed by atoms with Crippen LogP contribution in [0.3, 0.4) is 0 Å². The lowest BCUT2D eigenvalue weighted by molar-refractivity contribution is 0.428. The maximum Gasteiger partial charge on any atom is 0.0869 e. The van der Waals surface area contributed by atoms with E-state index in [-0.39, 0.29) is 0 Å². The molecule has 1 aliphatic rings. The molecule has 3 aromatic rings. The molecular weight excluding hydrogens is 534 g/mol. The SMILES string of the molecule is C=C(C)c1ccc(-c2ccc(CC)cc2C\C=C/C(C=Nc2cc(C(=C)N)ccc2N(C)C2CCCCC2)=C\C=C\C)cc1. The molecule has 0 heterocycles. The maximum atomic E-state index is 6.09. The molecular formula is C41H49N3. The highest BCUT2D eigenvalue weighted by molar-refractivity contribution is 5.87. The van der Waals surface area contributed by atoms with Crippen LogP contribution in [-0.2, 0) is 12.8 Å². The van der Waals surface area contributed by atoms with Crippen LogP contribution in [-0.4, -0.2) is 19.3 Å². The summed E-state index contributed by atoms with van der Waals surface area (Å²) in [5, 5.41) is 0. The van der Waals surface area contributed by atoms with Crippen molar-refractivity contribution in [2.24, 2.45) is 10.7 Å². The van der Waals surface area contributed by atoms with E-state index >= 15 is 0 Å². The highest BCUT2D eigenvalue weighted by atomic mass is 15.1. The largest absolute Gasteiger partial charge is 0.399 e. The molecule has 0 unspecified atom stereocenters. The number of hydrogen-bond donors (Lipinski definition) is 1. The monoisotopic (exact) mass is 583 g/mol. The lowest BCUT2D eigenvalue weighted by Crippen LogP contribution is -2.33.